The molecule has 0 bridgehead atoms. The Labute approximate surface area is 167 Å². The van der Waals surface area contributed by atoms with E-state index in [4.69, 9.17) is 9.84 Å². The molecule has 0 spiro atoms. The summed E-state index contributed by atoms with van der Waals surface area (Å²) < 4.78 is 5.63. The zero-order valence-electron chi connectivity index (χ0n) is 16.6. The second kappa shape index (κ2) is 14.3. The number of ether oxygens (including phenoxy) is 1. The lowest BCUT2D eigenvalue weighted by atomic mass is 10.1. The smallest absolute Gasteiger partial charge is 0.303 e. The van der Waals surface area contributed by atoms with Gasteiger partial charge < -0.3 is 25.2 Å². The lowest BCUT2D eigenvalue weighted by Crippen LogP contribution is -2.25. The maximum absolute atomic E-state index is 10.3. The van der Waals surface area contributed by atoms with Crippen molar-refractivity contribution in [2.75, 3.05) is 0 Å². The highest BCUT2D eigenvalue weighted by Gasteiger charge is 2.35. The first-order valence-electron chi connectivity index (χ1n) is 9.98. The summed E-state index contributed by atoms with van der Waals surface area (Å²) in [7, 11) is 0. The fraction of sp³-hybridized carbons (Fsp3) is 0.591. The van der Waals surface area contributed by atoms with Crippen LogP contribution in [0.3, 0.4) is 0 Å². The van der Waals surface area contributed by atoms with Gasteiger partial charge >= 0.3 is 5.97 Å². The Hall–Kier alpha value is -1.73. The SMILES string of the molecule is CC[C@@H](O)[C@@H]1C[C@H](O)[C@@H](/C=C/[C@@H](O)C/C=C\C/C=C\C/C=C\CCC(=O)O)O1. The topological polar surface area (TPSA) is 107 Å². The van der Waals surface area contributed by atoms with Gasteiger partial charge in [0.25, 0.3) is 0 Å². The van der Waals surface area contributed by atoms with Gasteiger partial charge in [0.2, 0.25) is 0 Å². The average molecular weight is 395 g/mol. The molecule has 1 aliphatic rings. The van der Waals surface area contributed by atoms with Crippen molar-refractivity contribution in [2.24, 2.45) is 0 Å². The number of carboxylic acid groups (broad SMARTS) is 1. The van der Waals surface area contributed by atoms with Gasteiger partial charge in [0.15, 0.2) is 0 Å². The number of aliphatic hydroxyl groups is 3. The molecule has 0 aromatic carbocycles. The van der Waals surface area contributed by atoms with Crippen molar-refractivity contribution in [1.29, 1.82) is 0 Å². The van der Waals surface area contributed by atoms with Gasteiger partial charge in [-0.05, 0) is 32.1 Å². The first-order valence-corrected chi connectivity index (χ1v) is 9.98. The molecule has 0 aliphatic carbocycles. The Morgan fingerprint density at radius 1 is 1.11 bits per heavy atom. The molecule has 0 unspecified atom stereocenters. The normalized spacial score (nSPS) is 25.5. The van der Waals surface area contributed by atoms with Crippen LogP contribution >= 0.6 is 0 Å². The second-order valence-electron chi connectivity index (χ2n) is 6.92. The van der Waals surface area contributed by atoms with Crippen LogP contribution in [-0.4, -0.2) is 56.9 Å². The second-order valence-corrected chi connectivity index (χ2v) is 6.92. The third-order valence-corrected chi connectivity index (χ3v) is 4.50. The molecule has 5 atom stereocenters. The van der Waals surface area contributed by atoms with Crippen LogP contribution in [0.15, 0.2) is 48.6 Å². The van der Waals surface area contributed by atoms with Crippen molar-refractivity contribution < 1.29 is 30.0 Å². The molecule has 1 fully saturated rings. The molecule has 28 heavy (non-hydrogen) atoms. The summed E-state index contributed by atoms with van der Waals surface area (Å²) in [5.74, 6) is -0.784. The van der Waals surface area contributed by atoms with Crippen LogP contribution in [0.2, 0.25) is 0 Å². The molecule has 0 amide bonds. The summed E-state index contributed by atoms with van der Waals surface area (Å²) in [6.07, 6.45) is 16.0. The zero-order valence-corrected chi connectivity index (χ0v) is 16.6. The van der Waals surface area contributed by atoms with E-state index in [0.717, 1.165) is 12.8 Å². The van der Waals surface area contributed by atoms with E-state index in [9.17, 15) is 20.1 Å². The molecular formula is C22H34O6. The van der Waals surface area contributed by atoms with Crippen molar-refractivity contribution in [2.45, 2.75) is 82.4 Å². The van der Waals surface area contributed by atoms with Crippen LogP contribution < -0.4 is 0 Å². The lowest BCUT2D eigenvalue weighted by Gasteiger charge is -2.16. The summed E-state index contributed by atoms with van der Waals surface area (Å²) in [4.78, 5) is 10.3. The fourth-order valence-electron chi connectivity index (χ4n) is 2.82. The Bertz CT molecular complexity index is 551. The summed E-state index contributed by atoms with van der Waals surface area (Å²) in [6.45, 7) is 1.87. The van der Waals surface area contributed by atoms with Gasteiger partial charge in [0, 0.05) is 12.8 Å². The standard InChI is InChI=1S/C22H34O6/c1-2-18(24)21-16-19(25)20(28-21)15-14-17(23)12-10-8-6-4-3-5-7-9-11-13-22(26)27/h3-4,7-10,14-15,17-21,23-25H,2,5-6,11-13,16H2,1H3,(H,26,27)/b4-3-,9-7-,10-8-,15-14+/t17-,18+,19-,20+,21-/m0/s1. The van der Waals surface area contributed by atoms with Gasteiger partial charge in [-0.2, -0.15) is 0 Å². The van der Waals surface area contributed by atoms with E-state index >= 15 is 0 Å². The molecule has 4 N–H and O–H groups in total. The monoisotopic (exact) mass is 394 g/mol. The van der Waals surface area contributed by atoms with Gasteiger partial charge in [-0.15, -0.1) is 0 Å². The molecule has 0 radical (unpaired) electrons. The highest BCUT2D eigenvalue weighted by molar-refractivity contribution is 5.66. The molecule has 1 rings (SSSR count). The van der Waals surface area contributed by atoms with Gasteiger partial charge in [0.1, 0.15) is 6.10 Å². The lowest BCUT2D eigenvalue weighted by molar-refractivity contribution is -0.136. The van der Waals surface area contributed by atoms with Crippen LogP contribution in [0.25, 0.3) is 0 Å². The van der Waals surface area contributed by atoms with Gasteiger partial charge in [0.05, 0.1) is 24.4 Å². The molecule has 6 nitrogen and oxygen atoms in total. The van der Waals surface area contributed by atoms with E-state index in [0.29, 0.717) is 25.7 Å². The van der Waals surface area contributed by atoms with Crippen LogP contribution in [-0.2, 0) is 9.53 Å². The quantitative estimate of drug-likeness (QED) is 0.358. The Morgan fingerprint density at radius 2 is 1.75 bits per heavy atom. The first-order chi connectivity index (χ1) is 13.4. The molecule has 6 heteroatoms. The van der Waals surface area contributed by atoms with E-state index < -0.39 is 30.4 Å². The Kier molecular flexibility index (Phi) is 12.4. The van der Waals surface area contributed by atoms with Crippen molar-refractivity contribution >= 4 is 5.97 Å². The third kappa shape index (κ3) is 10.6. The number of aliphatic hydroxyl groups excluding tert-OH is 3. The molecular weight excluding hydrogens is 360 g/mol. The maximum atomic E-state index is 10.3. The van der Waals surface area contributed by atoms with Crippen molar-refractivity contribution in [3.8, 4) is 0 Å². The number of carboxylic acids is 1. The van der Waals surface area contributed by atoms with Crippen molar-refractivity contribution in [3.63, 3.8) is 0 Å². The largest absolute Gasteiger partial charge is 0.481 e. The van der Waals surface area contributed by atoms with Crippen molar-refractivity contribution in [3.05, 3.63) is 48.6 Å². The molecule has 0 saturated carbocycles. The van der Waals surface area contributed by atoms with E-state index in [1.807, 2.05) is 43.4 Å². The van der Waals surface area contributed by atoms with E-state index in [1.54, 1.807) is 12.2 Å². The van der Waals surface area contributed by atoms with Crippen LogP contribution in [0.5, 0.6) is 0 Å². The Morgan fingerprint density at radius 3 is 2.39 bits per heavy atom. The van der Waals surface area contributed by atoms with Crippen LogP contribution in [0.1, 0.15) is 51.9 Å². The van der Waals surface area contributed by atoms with E-state index in [2.05, 4.69) is 0 Å². The number of hydrogen-bond acceptors (Lipinski definition) is 5. The zero-order chi connectivity index (χ0) is 20.8. The summed E-state index contributed by atoms with van der Waals surface area (Å²) >= 11 is 0. The minimum Gasteiger partial charge on any atom is -0.481 e. The van der Waals surface area contributed by atoms with Crippen LogP contribution in [0, 0.1) is 0 Å². The highest BCUT2D eigenvalue weighted by atomic mass is 16.5. The predicted molar refractivity (Wildman–Crippen MR) is 109 cm³/mol. The Balaban J connectivity index is 2.18. The van der Waals surface area contributed by atoms with E-state index in [1.165, 1.54) is 0 Å². The molecule has 1 saturated heterocycles. The summed E-state index contributed by atoms with van der Waals surface area (Å²) in [5.41, 5.74) is 0. The number of rotatable bonds is 13. The van der Waals surface area contributed by atoms with Crippen LogP contribution in [0.4, 0.5) is 0 Å². The number of carbonyl (C=O) groups is 1. The average Bonchev–Trinajstić information content (AvgIpc) is 3.04. The molecule has 0 aromatic heterocycles. The summed E-state index contributed by atoms with van der Waals surface area (Å²) in [5, 5.41) is 38.3. The summed E-state index contributed by atoms with van der Waals surface area (Å²) in [6, 6.07) is 0. The molecule has 1 heterocycles. The highest BCUT2D eigenvalue weighted by Crippen LogP contribution is 2.25. The van der Waals surface area contributed by atoms with Gasteiger partial charge in [-0.25, -0.2) is 0 Å². The van der Waals surface area contributed by atoms with Gasteiger partial charge in [-0.3, -0.25) is 4.79 Å². The molecule has 0 aromatic rings. The minimum absolute atomic E-state index is 0.160. The van der Waals surface area contributed by atoms with Crippen molar-refractivity contribution in [1.82, 2.24) is 0 Å². The molecule has 158 valence electrons. The van der Waals surface area contributed by atoms with Gasteiger partial charge in [-0.1, -0.05) is 55.5 Å². The maximum Gasteiger partial charge on any atom is 0.303 e. The fourth-order valence-corrected chi connectivity index (χ4v) is 2.82. The minimum atomic E-state index is -0.784. The number of aliphatic carboxylic acids is 1. The van der Waals surface area contributed by atoms with E-state index in [-0.39, 0.29) is 12.5 Å². The number of hydrogen-bond donors (Lipinski definition) is 4. The third-order valence-electron chi connectivity index (χ3n) is 4.50. The number of allylic oxidation sites excluding steroid dienone is 5. The predicted octanol–water partition coefficient (Wildman–Crippen LogP) is 2.90. The first kappa shape index (κ1) is 24.3. The molecule has 1 aliphatic heterocycles.